The Morgan fingerprint density at radius 1 is 1.17 bits per heavy atom. The topological polar surface area (TPSA) is 69.2 Å². The Morgan fingerprint density at radius 2 is 1.83 bits per heavy atom. The van der Waals surface area contributed by atoms with Crippen molar-refractivity contribution in [2.45, 2.75) is 13.0 Å². The number of nitrogens with zero attached hydrogens (tertiary/aromatic N) is 3. The van der Waals surface area contributed by atoms with Gasteiger partial charge in [-0.2, -0.15) is 9.97 Å². The molecule has 0 saturated carbocycles. The number of hydrogen-bond acceptors (Lipinski definition) is 7. The van der Waals surface area contributed by atoms with Crippen LogP contribution < -0.4 is 14.8 Å². The third kappa shape index (κ3) is 2.86. The fraction of sp³-hybridized carbons (Fsp3) is 0.364. The highest BCUT2D eigenvalue weighted by atomic mass is 32.1. The predicted molar refractivity (Wildman–Crippen MR) is 69.3 cm³/mol. The second-order valence-electron chi connectivity index (χ2n) is 3.51. The lowest BCUT2D eigenvalue weighted by Crippen LogP contribution is -2.10. The standard InChI is InChI=1S/C11H14N4O2S/c1-7(8-5-4-6-18-8)12-9-13-10(16-2)15-11(14-9)17-3/h4-7H,1-3H3,(H,12,13,14,15). The van der Waals surface area contributed by atoms with E-state index < -0.39 is 0 Å². The number of thiophene rings is 1. The maximum Gasteiger partial charge on any atom is 0.324 e. The zero-order chi connectivity index (χ0) is 13.0. The number of anilines is 1. The number of aromatic nitrogens is 3. The molecule has 0 fully saturated rings. The van der Waals surface area contributed by atoms with Gasteiger partial charge in [0.05, 0.1) is 20.3 Å². The molecule has 18 heavy (non-hydrogen) atoms. The summed E-state index contributed by atoms with van der Waals surface area (Å²) in [5.74, 6) is 0.430. The Bertz CT molecular complexity index is 481. The molecule has 0 aliphatic heterocycles. The summed E-state index contributed by atoms with van der Waals surface area (Å²) in [6.45, 7) is 2.04. The number of methoxy groups -OCH3 is 2. The molecule has 7 heteroatoms. The van der Waals surface area contributed by atoms with Crippen LogP contribution in [0.1, 0.15) is 17.8 Å². The average molecular weight is 266 g/mol. The molecule has 0 aromatic carbocycles. The zero-order valence-corrected chi connectivity index (χ0v) is 11.2. The molecule has 2 aromatic heterocycles. The summed E-state index contributed by atoms with van der Waals surface area (Å²) in [4.78, 5) is 13.4. The summed E-state index contributed by atoms with van der Waals surface area (Å²) in [6, 6.07) is 4.62. The smallest absolute Gasteiger partial charge is 0.324 e. The molecule has 0 saturated heterocycles. The van der Waals surface area contributed by atoms with E-state index in [0.717, 1.165) is 0 Å². The van der Waals surface area contributed by atoms with E-state index in [1.807, 2.05) is 18.4 Å². The molecule has 0 amide bonds. The van der Waals surface area contributed by atoms with Crippen molar-refractivity contribution in [3.05, 3.63) is 22.4 Å². The Labute approximate surface area is 109 Å². The van der Waals surface area contributed by atoms with Crippen LogP contribution in [-0.4, -0.2) is 29.2 Å². The largest absolute Gasteiger partial charge is 0.467 e. The van der Waals surface area contributed by atoms with Crippen LogP contribution in [0.4, 0.5) is 5.95 Å². The molecule has 2 aromatic rings. The average Bonchev–Trinajstić information content (AvgIpc) is 2.92. The number of hydrogen-bond donors (Lipinski definition) is 1. The molecule has 0 radical (unpaired) electrons. The molecule has 6 nitrogen and oxygen atoms in total. The Kier molecular flexibility index (Phi) is 3.93. The molecule has 0 bridgehead atoms. The van der Waals surface area contributed by atoms with Crippen LogP contribution in [0.5, 0.6) is 12.0 Å². The van der Waals surface area contributed by atoms with E-state index in [2.05, 4.69) is 26.3 Å². The fourth-order valence-electron chi connectivity index (χ4n) is 1.39. The Morgan fingerprint density at radius 3 is 2.33 bits per heavy atom. The van der Waals surface area contributed by atoms with Crippen LogP contribution in [0.25, 0.3) is 0 Å². The van der Waals surface area contributed by atoms with Crippen LogP contribution in [0, 0.1) is 0 Å². The normalized spacial score (nSPS) is 11.9. The van der Waals surface area contributed by atoms with E-state index in [0.29, 0.717) is 5.95 Å². The Hall–Kier alpha value is -1.89. The first-order valence-corrected chi connectivity index (χ1v) is 6.25. The summed E-state index contributed by atoms with van der Waals surface area (Å²) in [7, 11) is 3.00. The second-order valence-corrected chi connectivity index (χ2v) is 4.49. The lowest BCUT2D eigenvalue weighted by molar-refractivity contribution is 0.341. The van der Waals surface area contributed by atoms with Crippen molar-refractivity contribution in [1.82, 2.24) is 15.0 Å². The van der Waals surface area contributed by atoms with Crippen LogP contribution in [0.2, 0.25) is 0 Å². The van der Waals surface area contributed by atoms with Gasteiger partial charge < -0.3 is 14.8 Å². The van der Waals surface area contributed by atoms with Gasteiger partial charge in [0, 0.05) is 4.88 Å². The summed E-state index contributed by atoms with van der Waals surface area (Å²) >= 11 is 1.67. The quantitative estimate of drug-likeness (QED) is 0.894. The number of ether oxygens (including phenoxy) is 2. The van der Waals surface area contributed by atoms with Crippen LogP contribution in [-0.2, 0) is 0 Å². The lowest BCUT2D eigenvalue weighted by Gasteiger charge is -2.12. The molecule has 1 atom stereocenters. The number of nitrogens with one attached hydrogen (secondary N) is 1. The van der Waals surface area contributed by atoms with Crippen molar-refractivity contribution in [3.63, 3.8) is 0 Å². The maximum atomic E-state index is 4.99. The van der Waals surface area contributed by atoms with Gasteiger partial charge >= 0.3 is 12.0 Å². The third-order valence-corrected chi connectivity index (χ3v) is 3.33. The zero-order valence-electron chi connectivity index (χ0n) is 10.4. The monoisotopic (exact) mass is 266 g/mol. The van der Waals surface area contributed by atoms with E-state index >= 15 is 0 Å². The molecule has 2 heterocycles. The predicted octanol–water partition coefficient (Wildman–Crippen LogP) is 2.12. The van der Waals surface area contributed by atoms with Gasteiger partial charge in [-0.3, -0.25) is 0 Å². The summed E-state index contributed by atoms with van der Waals surface area (Å²) < 4.78 is 9.98. The highest BCUT2D eigenvalue weighted by Crippen LogP contribution is 2.22. The van der Waals surface area contributed by atoms with Crippen LogP contribution >= 0.6 is 11.3 Å². The van der Waals surface area contributed by atoms with E-state index in [-0.39, 0.29) is 18.1 Å². The second kappa shape index (κ2) is 5.63. The fourth-order valence-corrected chi connectivity index (χ4v) is 2.12. The molecule has 96 valence electrons. The first-order valence-electron chi connectivity index (χ1n) is 5.37. The molecular formula is C11H14N4O2S. The minimum Gasteiger partial charge on any atom is -0.467 e. The van der Waals surface area contributed by atoms with Gasteiger partial charge in [0.15, 0.2) is 0 Å². The first kappa shape index (κ1) is 12.6. The summed E-state index contributed by atoms with van der Waals surface area (Å²) in [5.41, 5.74) is 0. The van der Waals surface area contributed by atoms with Gasteiger partial charge in [-0.1, -0.05) is 6.07 Å². The van der Waals surface area contributed by atoms with Gasteiger partial charge in [0.25, 0.3) is 0 Å². The first-order chi connectivity index (χ1) is 8.72. The van der Waals surface area contributed by atoms with E-state index in [4.69, 9.17) is 9.47 Å². The highest BCUT2D eigenvalue weighted by Gasteiger charge is 2.11. The van der Waals surface area contributed by atoms with E-state index in [9.17, 15) is 0 Å². The SMILES string of the molecule is COc1nc(NC(C)c2cccs2)nc(OC)n1. The van der Waals surface area contributed by atoms with Crippen molar-refractivity contribution < 1.29 is 9.47 Å². The van der Waals surface area contributed by atoms with Crippen molar-refractivity contribution in [1.29, 1.82) is 0 Å². The van der Waals surface area contributed by atoms with Gasteiger partial charge in [-0.15, -0.1) is 16.3 Å². The Balaban J connectivity index is 2.17. The van der Waals surface area contributed by atoms with Crippen molar-refractivity contribution in [3.8, 4) is 12.0 Å². The molecule has 0 aliphatic rings. The van der Waals surface area contributed by atoms with Gasteiger partial charge in [-0.25, -0.2) is 0 Å². The molecular weight excluding hydrogens is 252 g/mol. The van der Waals surface area contributed by atoms with Gasteiger partial charge in [0.1, 0.15) is 0 Å². The van der Waals surface area contributed by atoms with Crippen molar-refractivity contribution in [2.75, 3.05) is 19.5 Å². The highest BCUT2D eigenvalue weighted by molar-refractivity contribution is 7.10. The van der Waals surface area contributed by atoms with E-state index in [1.165, 1.54) is 19.1 Å². The molecule has 1 N–H and O–H groups in total. The minimum atomic E-state index is 0.113. The summed E-state index contributed by atoms with van der Waals surface area (Å²) in [6.07, 6.45) is 0. The molecule has 1 unspecified atom stereocenters. The maximum absolute atomic E-state index is 4.99. The van der Waals surface area contributed by atoms with Gasteiger partial charge in [-0.05, 0) is 18.4 Å². The molecule has 0 aliphatic carbocycles. The van der Waals surface area contributed by atoms with Crippen LogP contribution in [0.3, 0.4) is 0 Å². The summed E-state index contributed by atoms with van der Waals surface area (Å²) in [5, 5.41) is 5.21. The third-order valence-electron chi connectivity index (χ3n) is 2.28. The van der Waals surface area contributed by atoms with Crippen molar-refractivity contribution in [2.24, 2.45) is 0 Å². The molecule has 2 rings (SSSR count). The number of rotatable bonds is 5. The minimum absolute atomic E-state index is 0.113. The van der Waals surface area contributed by atoms with Crippen LogP contribution in [0.15, 0.2) is 17.5 Å². The lowest BCUT2D eigenvalue weighted by atomic mass is 10.3. The van der Waals surface area contributed by atoms with Crippen molar-refractivity contribution >= 4 is 17.3 Å². The van der Waals surface area contributed by atoms with E-state index in [1.54, 1.807) is 11.3 Å². The van der Waals surface area contributed by atoms with Gasteiger partial charge in [0.2, 0.25) is 5.95 Å². The molecule has 0 spiro atoms.